The normalized spacial score (nSPS) is 15.2. The van der Waals surface area contributed by atoms with Crippen molar-refractivity contribution in [2.45, 2.75) is 45.0 Å². The Bertz CT molecular complexity index is 1670. The number of benzene rings is 2. The van der Waals surface area contributed by atoms with Crippen molar-refractivity contribution < 1.29 is 19.0 Å². The van der Waals surface area contributed by atoms with Crippen LogP contribution in [0.5, 0.6) is 5.88 Å². The van der Waals surface area contributed by atoms with E-state index >= 15 is 4.39 Å². The first kappa shape index (κ1) is 32.6. The minimum atomic E-state index is -0.534. The molecule has 1 saturated heterocycles. The predicted octanol–water partition coefficient (Wildman–Crippen LogP) is 5.85. The zero-order valence-corrected chi connectivity index (χ0v) is 26.5. The molecule has 2 aromatic carbocycles. The van der Waals surface area contributed by atoms with E-state index in [2.05, 4.69) is 26.3 Å². The molecule has 12 heteroatoms. The molecule has 0 spiro atoms. The van der Waals surface area contributed by atoms with Gasteiger partial charge in [-0.2, -0.15) is 0 Å². The van der Waals surface area contributed by atoms with Crippen molar-refractivity contribution in [2.24, 2.45) is 0 Å². The molecular weight excluding hydrogens is 618 g/mol. The highest BCUT2D eigenvalue weighted by atomic mass is 35.5. The highest BCUT2D eigenvalue weighted by Crippen LogP contribution is 2.41. The van der Waals surface area contributed by atoms with E-state index in [1.165, 1.54) is 0 Å². The average molecular weight is 654 g/mol. The van der Waals surface area contributed by atoms with Crippen LogP contribution in [-0.4, -0.2) is 53.3 Å². The van der Waals surface area contributed by atoms with Crippen molar-refractivity contribution in [2.75, 3.05) is 25.5 Å². The Hall–Kier alpha value is -3.80. The molecule has 0 unspecified atom stereocenters. The maximum atomic E-state index is 15.3. The van der Waals surface area contributed by atoms with Crippen LogP contribution < -0.4 is 26.0 Å². The summed E-state index contributed by atoms with van der Waals surface area (Å²) in [5.41, 5.74) is 4.33. The van der Waals surface area contributed by atoms with Gasteiger partial charge in [0.1, 0.15) is 0 Å². The van der Waals surface area contributed by atoms with Crippen LogP contribution in [0.2, 0.25) is 10.0 Å². The lowest BCUT2D eigenvalue weighted by Gasteiger charge is -2.16. The zero-order valence-electron chi connectivity index (χ0n) is 25.0. The number of hydrogen-bond acceptors (Lipinski definition) is 8. The fourth-order valence-electron chi connectivity index (χ4n) is 5.16. The third-order valence-electron chi connectivity index (χ3n) is 7.45. The van der Waals surface area contributed by atoms with E-state index in [-0.39, 0.29) is 24.2 Å². The van der Waals surface area contributed by atoms with Gasteiger partial charge < -0.3 is 31.1 Å². The lowest BCUT2D eigenvalue weighted by atomic mass is 10.0. The molecule has 236 valence electrons. The van der Waals surface area contributed by atoms with Gasteiger partial charge in [0.2, 0.25) is 11.8 Å². The number of nitrogens with one attached hydrogen (secondary N) is 4. The van der Waals surface area contributed by atoms with Crippen LogP contribution in [0.4, 0.5) is 15.8 Å². The smallest absolute Gasteiger partial charge is 0.220 e. The Balaban J connectivity index is 1.36. The molecule has 0 aliphatic carbocycles. The predicted molar refractivity (Wildman–Crippen MR) is 175 cm³/mol. The Morgan fingerprint density at radius 2 is 1.80 bits per heavy atom. The molecule has 1 aliphatic rings. The number of rotatable bonds is 13. The highest BCUT2D eigenvalue weighted by molar-refractivity contribution is 6.39. The third-order valence-corrected chi connectivity index (χ3v) is 8.24. The molecule has 45 heavy (non-hydrogen) atoms. The summed E-state index contributed by atoms with van der Waals surface area (Å²) in [6, 6.07) is 16.1. The molecule has 9 nitrogen and oxygen atoms in total. The van der Waals surface area contributed by atoms with E-state index in [0.717, 1.165) is 12.0 Å². The van der Waals surface area contributed by atoms with Crippen molar-refractivity contribution in [3.63, 3.8) is 0 Å². The van der Waals surface area contributed by atoms with Gasteiger partial charge in [-0.05, 0) is 37.6 Å². The summed E-state index contributed by atoms with van der Waals surface area (Å²) in [7, 11) is 1.56. The quantitative estimate of drug-likeness (QED) is 0.122. The lowest BCUT2D eigenvalue weighted by Crippen LogP contribution is -2.35. The van der Waals surface area contributed by atoms with Crippen LogP contribution in [-0.2, 0) is 17.9 Å². The molecule has 0 bridgehead atoms. The Morgan fingerprint density at radius 3 is 2.56 bits per heavy atom. The van der Waals surface area contributed by atoms with E-state index in [0.29, 0.717) is 75.7 Å². The molecule has 2 aromatic heterocycles. The number of aliphatic hydroxyl groups excluding tert-OH is 1. The number of amides is 1. The number of methoxy groups -OCH3 is 1. The van der Waals surface area contributed by atoms with Gasteiger partial charge in [0.25, 0.3) is 0 Å². The van der Waals surface area contributed by atoms with E-state index in [1.807, 2.05) is 12.1 Å². The summed E-state index contributed by atoms with van der Waals surface area (Å²) in [6.07, 6.45) is 2.48. The number of carbonyl (C=O) groups excluding carboxylic acids is 1. The fourth-order valence-corrected chi connectivity index (χ4v) is 5.73. The van der Waals surface area contributed by atoms with Gasteiger partial charge >= 0.3 is 0 Å². The number of nitrogens with zero attached hydrogens (tertiary/aromatic N) is 2. The van der Waals surface area contributed by atoms with Crippen molar-refractivity contribution >= 4 is 40.5 Å². The van der Waals surface area contributed by atoms with Crippen LogP contribution in [0.25, 0.3) is 22.5 Å². The molecule has 1 fully saturated rings. The molecule has 3 heterocycles. The second-order valence-corrected chi connectivity index (χ2v) is 11.6. The van der Waals surface area contributed by atoms with Gasteiger partial charge in [-0.15, -0.1) is 0 Å². The minimum absolute atomic E-state index is 0.0840. The second kappa shape index (κ2) is 15.0. The van der Waals surface area contributed by atoms with E-state index in [9.17, 15) is 9.90 Å². The summed E-state index contributed by atoms with van der Waals surface area (Å²) in [6.45, 7) is 3.46. The van der Waals surface area contributed by atoms with E-state index in [1.54, 1.807) is 62.7 Å². The third kappa shape index (κ3) is 7.89. The van der Waals surface area contributed by atoms with Crippen molar-refractivity contribution in [3.05, 3.63) is 87.8 Å². The lowest BCUT2D eigenvalue weighted by molar-refractivity contribution is -0.119. The van der Waals surface area contributed by atoms with Gasteiger partial charge in [0.15, 0.2) is 5.82 Å². The Morgan fingerprint density at radius 1 is 1.02 bits per heavy atom. The number of hydrogen-bond donors (Lipinski definition) is 5. The van der Waals surface area contributed by atoms with Gasteiger partial charge in [0.05, 0.1) is 46.0 Å². The minimum Gasteiger partial charge on any atom is -0.481 e. The van der Waals surface area contributed by atoms with Gasteiger partial charge in [-0.1, -0.05) is 53.5 Å². The summed E-state index contributed by atoms with van der Waals surface area (Å²) in [5.74, 6) is 0.124. The number of pyridine rings is 2. The standard InChI is InChI=1S/C33H35Cl2FN6O3/c1-19(43)15-37-16-20-5-3-8-27(31(20)36)41-26-7-4-6-24(29(26)34)32-30(35)23(13-14-39-32)25-11-9-21(33(42-25)45-2)17-38-18-22-10-12-28(44)40-22/h3-9,11,13-14,19,22,37-38,41,43H,10,12,15-18H2,1-2H3,(H,40,44)/t19-,22-/m1/s1. The molecule has 0 saturated carbocycles. The first-order valence-electron chi connectivity index (χ1n) is 14.7. The summed E-state index contributed by atoms with van der Waals surface area (Å²) in [5, 5.41) is 22.6. The number of anilines is 2. The van der Waals surface area contributed by atoms with E-state index < -0.39 is 11.9 Å². The topological polar surface area (TPSA) is 120 Å². The Labute approximate surface area is 271 Å². The number of ether oxygens (including phenoxy) is 1. The molecule has 1 amide bonds. The highest BCUT2D eigenvalue weighted by Gasteiger charge is 2.21. The number of carbonyl (C=O) groups is 1. The molecule has 4 aromatic rings. The SMILES string of the molecule is COc1nc(-c2ccnc(-c3cccc(Nc4cccc(CNC[C@@H](C)O)c4F)c3Cl)c2Cl)ccc1CNC[C@H]1CCC(=O)N1. The zero-order chi connectivity index (χ0) is 31.9. The summed E-state index contributed by atoms with van der Waals surface area (Å²) in [4.78, 5) is 20.7. The number of aliphatic hydroxyl groups is 1. The second-order valence-electron chi connectivity index (χ2n) is 10.9. The first-order chi connectivity index (χ1) is 21.7. The monoisotopic (exact) mass is 652 g/mol. The van der Waals surface area contributed by atoms with Gasteiger partial charge in [-0.25, -0.2) is 9.37 Å². The van der Waals surface area contributed by atoms with Crippen LogP contribution in [0, 0.1) is 5.82 Å². The van der Waals surface area contributed by atoms with Gasteiger partial charge in [-0.3, -0.25) is 9.78 Å². The van der Waals surface area contributed by atoms with Crippen LogP contribution >= 0.6 is 23.2 Å². The van der Waals surface area contributed by atoms with Gasteiger partial charge in [0, 0.05) is 67.1 Å². The van der Waals surface area contributed by atoms with Crippen molar-refractivity contribution in [1.29, 1.82) is 0 Å². The molecular formula is C33H35Cl2FN6O3. The molecule has 1 aliphatic heterocycles. The number of aromatic nitrogens is 2. The molecule has 5 rings (SSSR count). The maximum absolute atomic E-state index is 15.3. The largest absolute Gasteiger partial charge is 0.481 e. The van der Waals surface area contributed by atoms with Crippen LogP contribution in [0.15, 0.2) is 60.8 Å². The summed E-state index contributed by atoms with van der Waals surface area (Å²) >= 11 is 13.8. The molecule has 0 radical (unpaired) electrons. The molecule has 2 atom stereocenters. The number of halogens is 3. The van der Waals surface area contributed by atoms with Crippen molar-refractivity contribution in [1.82, 2.24) is 25.9 Å². The van der Waals surface area contributed by atoms with Crippen LogP contribution in [0.1, 0.15) is 30.9 Å². The average Bonchev–Trinajstić information content (AvgIpc) is 3.45. The van der Waals surface area contributed by atoms with E-state index in [4.69, 9.17) is 32.9 Å². The fraction of sp³-hybridized carbons (Fsp3) is 0.303. The van der Waals surface area contributed by atoms with Crippen LogP contribution in [0.3, 0.4) is 0 Å². The summed E-state index contributed by atoms with van der Waals surface area (Å²) < 4.78 is 20.9. The van der Waals surface area contributed by atoms with Crippen molar-refractivity contribution in [3.8, 4) is 28.4 Å². The Kier molecular flexibility index (Phi) is 10.9. The first-order valence-corrected chi connectivity index (χ1v) is 15.4. The maximum Gasteiger partial charge on any atom is 0.220 e. The molecule has 5 N–H and O–H groups in total.